The number of halogens is 1. The van der Waals surface area contributed by atoms with E-state index >= 15 is 0 Å². The number of carbonyl (C=O) groups excluding carboxylic acids is 1. The number of rotatable bonds is 3. The second-order valence-corrected chi connectivity index (χ2v) is 7.17. The van der Waals surface area contributed by atoms with Crippen LogP contribution in [0.15, 0.2) is 29.2 Å². The van der Waals surface area contributed by atoms with Gasteiger partial charge in [0.05, 0.1) is 18.1 Å². The van der Waals surface area contributed by atoms with Crippen molar-refractivity contribution in [2.75, 3.05) is 20.2 Å². The van der Waals surface area contributed by atoms with Crippen LogP contribution in [-0.2, 0) is 19.6 Å². The van der Waals surface area contributed by atoms with E-state index in [4.69, 9.17) is 16.3 Å². The molecule has 2 atom stereocenters. The third kappa shape index (κ3) is 2.68. The van der Waals surface area contributed by atoms with Crippen molar-refractivity contribution < 1.29 is 17.9 Å². The summed E-state index contributed by atoms with van der Waals surface area (Å²) in [6.45, 7) is 2.25. The average Bonchev–Trinajstić information content (AvgIpc) is 2.81. The van der Waals surface area contributed by atoms with E-state index in [1.807, 2.05) is 6.92 Å². The molecule has 110 valence electrons. The molecule has 1 aliphatic heterocycles. The molecule has 0 N–H and O–H groups in total. The zero-order valence-corrected chi connectivity index (χ0v) is 12.8. The molecule has 20 heavy (non-hydrogen) atoms. The molecule has 2 rings (SSSR count). The molecule has 0 saturated carbocycles. The fraction of sp³-hybridized carbons (Fsp3) is 0.462. The molecule has 1 aliphatic rings. The van der Waals surface area contributed by atoms with Crippen molar-refractivity contribution in [3.63, 3.8) is 0 Å². The highest BCUT2D eigenvalue weighted by Crippen LogP contribution is 2.31. The Morgan fingerprint density at radius 2 is 2.00 bits per heavy atom. The van der Waals surface area contributed by atoms with E-state index in [-0.39, 0.29) is 34.9 Å². The van der Waals surface area contributed by atoms with Gasteiger partial charge in [0, 0.05) is 13.1 Å². The van der Waals surface area contributed by atoms with E-state index in [1.54, 1.807) is 12.1 Å². The largest absolute Gasteiger partial charge is 0.469 e. The predicted octanol–water partition coefficient (Wildman–Crippen LogP) is 1.77. The van der Waals surface area contributed by atoms with E-state index in [2.05, 4.69) is 0 Å². The van der Waals surface area contributed by atoms with Crippen molar-refractivity contribution in [1.29, 1.82) is 0 Å². The van der Waals surface area contributed by atoms with E-state index in [0.29, 0.717) is 0 Å². The molecule has 2 unspecified atom stereocenters. The van der Waals surface area contributed by atoms with E-state index < -0.39 is 15.9 Å². The maximum Gasteiger partial charge on any atom is 0.310 e. The number of benzene rings is 1. The molecule has 1 saturated heterocycles. The van der Waals surface area contributed by atoms with Crippen LogP contribution in [0.3, 0.4) is 0 Å². The number of hydrogen-bond donors (Lipinski definition) is 0. The molecule has 5 nitrogen and oxygen atoms in total. The second kappa shape index (κ2) is 5.71. The number of ether oxygens (including phenoxy) is 1. The molecule has 1 aromatic rings. The number of nitrogens with zero attached hydrogens (tertiary/aromatic N) is 1. The SMILES string of the molecule is COC(=O)C1CN(S(=O)(=O)c2ccccc2Cl)CC1C. The quantitative estimate of drug-likeness (QED) is 0.797. The molecule has 0 aromatic heterocycles. The van der Waals surface area contributed by atoms with Gasteiger partial charge in [-0.2, -0.15) is 4.31 Å². The van der Waals surface area contributed by atoms with E-state index in [9.17, 15) is 13.2 Å². The fourth-order valence-electron chi connectivity index (χ4n) is 2.37. The summed E-state index contributed by atoms with van der Waals surface area (Å²) in [5.74, 6) is -0.897. The number of carbonyl (C=O) groups is 1. The zero-order chi connectivity index (χ0) is 14.9. The molecule has 1 fully saturated rings. The number of sulfonamides is 1. The van der Waals surface area contributed by atoms with Crippen molar-refractivity contribution >= 4 is 27.6 Å². The summed E-state index contributed by atoms with van der Waals surface area (Å²) >= 11 is 5.95. The first-order valence-corrected chi connectivity index (χ1v) is 8.02. The van der Waals surface area contributed by atoms with Crippen LogP contribution in [0.25, 0.3) is 0 Å². The molecule has 0 bridgehead atoms. The summed E-state index contributed by atoms with van der Waals surface area (Å²) in [4.78, 5) is 11.7. The lowest BCUT2D eigenvalue weighted by Gasteiger charge is -2.17. The van der Waals surface area contributed by atoms with Gasteiger partial charge in [-0.25, -0.2) is 8.42 Å². The normalized spacial score (nSPS) is 23.8. The van der Waals surface area contributed by atoms with Crippen LogP contribution in [0.5, 0.6) is 0 Å². The standard InChI is InChI=1S/C13H16ClNO4S/c1-9-7-15(8-10(9)13(16)19-2)20(17,18)12-6-4-3-5-11(12)14/h3-6,9-10H,7-8H2,1-2H3. The van der Waals surface area contributed by atoms with Crippen molar-refractivity contribution in [2.45, 2.75) is 11.8 Å². The first kappa shape index (κ1) is 15.3. The van der Waals surface area contributed by atoms with Crippen LogP contribution >= 0.6 is 11.6 Å². The van der Waals surface area contributed by atoms with Gasteiger partial charge in [0.15, 0.2) is 0 Å². The molecular formula is C13H16ClNO4S. The maximum absolute atomic E-state index is 12.5. The number of methoxy groups -OCH3 is 1. The Hall–Kier alpha value is -1.11. The minimum Gasteiger partial charge on any atom is -0.469 e. The first-order chi connectivity index (χ1) is 9.37. The second-order valence-electron chi connectivity index (χ2n) is 4.86. The average molecular weight is 318 g/mol. The Morgan fingerprint density at radius 1 is 1.35 bits per heavy atom. The monoisotopic (exact) mass is 317 g/mol. The maximum atomic E-state index is 12.5. The summed E-state index contributed by atoms with van der Waals surface area (Å²) in [5.41, 5.74) is 0. The summed E-state index contributed by atoms with van der Waals surface area (Å²) in [6, 6.07) is 6.29. The van der Waals surface area contributed by atoms with Gasteiger partial charge >= 0.3 is 5.97 Å². The molecule has 7 heteroatoms. The number of esters is 1. The molecule has 0 spiro atoms. The Morgan fingerprint density at radius 3 is 2.60 bits per heavy atom. The molecule has 1 heterocycles. The van der Waals surface area contributed by atoms with Gasteiger partial charge in [0.25, 0.3) is 0 Å². The van der Waals surface area contributed by atoms with Crippen molar-refractivity contribution in [1.82, 2.24) is 4.31 Å². The van der Waals surface area contributed by atoms with Crippen molar-refractivity contribution in [3.05, 3.63) is 29.3 Å². The molecule has 0 radical (unpaired) electrons. The lowest BCUT2D eigenvalue weighted by Crippen LogP contribution is -2.30. The highest BCUT2D eigenvalue weighted by molar-refractivity contribution is 7.89. The Labute approximate surface area is 123 Å². The molecule has 0 aliphatic carbocycles. The van der Waals surface area contributed by atoms with E-state index in [1.165, 1.54) is 23.5 Å². The zero-order valence-electron chi connectivity index (χ0n) is 11.2. The Bertz CT molecular complexity index is 617. The first-order valence-electron chi connectivity index (χ1n) is 6.20. The third-order valence-electron chi connectivity index (χ3n) is 3.54. The van der Waals surface area contributed by atoms with Crippen molar-refractivity contribution in [2.24, 2.45) is 11.8 Å². The van der Waals surface area contributed by atoms with Gasteiger partial charge in [-0.1, -0.05) is 30.7 Å². The van der Waals surface area contributed by atoms with Gasteiger partial charge in [0.1, 0.15) is 4.90 Å². The van der Waals surface area contributed by atoms with Gasteiger partial charge < -0.3 is 4.74 Å². The summed E-state index contributed by atoms with van der Waals surface area (Å²) in [5, 5.41) is 0.182. The summed E-state index contributed by atoms with van der Waals surface area (Å²) in [7, 11) is -2.38. The predicted molar refractivity (Wildman–Crippen MR) is 74.9 cm³/mol. The van der Waals surface area contributed by atoms with Gasteiger partial charge in [0.2, 0.25) is 10.0 Å². The van der Waals surface area contributed by atoms with Crippen LogP contribution in [0.4, 0.5) is 0 Å². The summed E-state index contributed by atoms with van der Waals surface area (Å²) < 4.78 is 31.1. The smallest absolute Gasteiger partial charge is 0.310 e. The van der Waals surface area contributed by atoms with Crippen LogP contribution < -0.4 is 0 Å². The van der Waals surface area contributed by atoms with Crippen LogP contribution in [0, 0.1) is 11.8 Å². The van der Waals surface area contributed by atoms with E-state index in [0.717, 1.165) is 0 Å². The Kier molecular flexibility index (Phi) is 4.36. The van der Waals surface area contributed by atoms with Crippen LogP contribution in [0.1, 0.15) is 6.92 Å². The van der Waals surface area contributed by atoms with Crippen molar-refractivity contribution in [3.8, 4) is 0 Å². The fourth-order valence-corrected chi connectivity index (χ4v) is 4.43. The lowest BCUT2D eigenvalue weighted by atomic mass is 9.99. The minimum atomic E-state index is -3.68. The lowest BCUT2D eigenvalue weighted by molar-refractivity contribution is -0.145. The molecular weight excluding hydrogens is 302 g/mol. The minimum absolute atomic E-state index is 0.0689. The van der Waals surface area contributed by atoms with Gasteiger partial charge in [-0.3, -0.25) is 4.79 Å². The molecule has 1 aromatic carbocycles. The topological polar surface area (TPSA) is 63.7 Å². The number of hydrogen-bond acceptors (Lipinski definition) is 4. The third-order valence-corrected chi connectivity index (χ3v) is 5.87. The Balaban J connectivity index is 2.29. The highest BCUT2D eigenvalue weighted by Gasteiger charge is 2.41. The highest BCUT2D eigenvalue weighted by atomic mass is 35.5. The summed E-state index contributed by atoms with van der Waals surface area (Å²) in [6.07, 6.45) is 0. The van der Waals surface area contributed by atoms with Gasteiger partial charge in [-0.05, 0) is 18.1 Å². The molecule has 0 amide bonds. The van der Waals surface area contributed by atoms with Crippen LogP contribution in [0.2, 0.25) is 5.02 Å². The van der Waals surface area contributed by atoms with Crippen LogP contribution in [-0.4, -0.2) is 38.9 Å². The van der Waals surface area contributed by atoms with Gasteiger partial charge in [-0.15, -0.1) is 0 Å².